The van der Waals surface area contributed by atoms with Gasteiger partial charge in [-0.2, -0.15) is 0 Å². The first-order valence-corrected chi connectivity index (χ1v) is 6.73. The number of aromatic nitrogens is 1. The normalized spacial score (nSPS) is 16.9. The van der Waals surface area contributed by atoms with Gasteiger partial charge in [0.15, 0.2) is 0 Å². The number of nitrogens with zero attached hydrogens (tertiary/aromatic N) is 1. The van der Waals surface area contributed by atoms with Gasteiger partial charge < -0.3 is 15.6 Å². The number of nitrogens with two attached hydrogens (primary N) is 1. The Balaban J connectivity index is 2.04. The number of carbonyl (C=O) groups is 1. The Kier molecular flexibility index (Phi) is 3.37. The van der Waals surface area contributed by atoms with Crippen LogP contribution in [0.2, 0.25) is 0 Å². The molecule has 2 rings (SSSR count). The van der Waals surface area contributed by atoms with E-state index in [1.165, 1.54) is 12.8 Å². The molecular formula is C14H23N3O. The third kappa shape index (κ3) is 2.52. The maximum absolute atomic E-state index is 12.2. The highest BCUT2D eigenvalue weighted by Crippen LogP contribution is 2.47. The van der Waals surface area contributed by atoms with Crippen LogP contribution in [0, 0.1) is 5.41 Å². The lowest BCUT2D eigenvalue weighted by molar-refractivity contribution is 0.0933. The summed E-state index contributed by atoms with van der Waals surface area (Å²) in [6, 6.07) is 1.99. The van der Waals surface area contributed by atoms with Crippen molar-refractivity contribution in [3.8, 4) is 0 Å². The quantitative estimate of drug-likeness (QED) is 0.842. The molecule has 0 aliphatic heterocycles. The predicted molar refractivity (Wildman–Crippen MR) is 73.5 cm³/mol. The van der Waals surface area contributed by atoms with Gasteiger partial charge in [-0.15, -0.1) is 0 Å². The highest BCUT2D eigenvalue weighted by Gasteiger charge is 2.40. The van der Waals surface area contributed by atoms with Gasteiger partial charge in [-0.05, 0) is 44.6 Å². The summed E-state index contributed by atoms with van der Waals surface area (Å²) in [6.07, 6.45) is 5.43. The Bertz CT molecular complexity index is 444. The number of hydrogen-bond donors (Lipinski definition) is 2. The van der Waals surface area contributed by atoms with Crippen LogP contribution in [-0.4, -0.2) is 17.0 Å². The number of carbonyl (C=O) groups excluding carboxylic acids is 1. The molecule has 0 bridgehead atoms. The first-order valence-electron chi connectivity index (χ1n) is 6.73. The van der Waals surface area contributed by atoms with Crippen LogP contribution in [0.25, 0.3) is 0 Å². The van der Waals surface area contributed by atoms with E-state index in [0.717, 1.165) is 13.0 Å². The SMILES string of the molecule is CCC1(CNC(=O)c2cc(N)cn2C(C)C)CC1. The van der Waals surface area contributed by atoms with E-state index in [2.05, 4.69) is 12.2 Å². The predicted octanol–water partition coefficient (Wildman–Crippen LogP) is 2.57. The molecule has 1 fully saturated rings. The van der Waals surface area contributed by atoms with Crippen LogP contribution in [0.5, 0.6) is 0 Å². The largest absolute Gasteiger partial charge is 0.397 e. The van der Waals surface area contributed by atoms with Gasteiger partial charge in [0.2, 0.25) is 0 Å². The summed E-state index contributed by atoms with van der Waals surface area (Å²) in [5.41, 5.74) is 7.45. The smallest absolute Gasteiger partial charge is 0.268 e. The summed E-state index contributed by atoms with van der Waals surface area (Å²) in [6.45, 7) is 7.06. The summed E-state index contributed by atoms with van der Waals surface area (Å²) in [7, 11) is 0. The highest BCUT2D eigenvalue weighted by molar-refractivity contribution is 5.93. The van der Waals surface area contributed by atoms with Crippen molar-refractivity contribution >= 4 is 11.6 Å². The molecule has 0 saturated heterocycles. The molecule has 100 valence electrons. The van der Waals surface area contributed by atoms with Crippen molar-refractivity contribution in [2.45, 2.75) is 46.1 Å². The maximum Gasteiger partial charge on any atom is 0.268 e. The van der Waals surface area contributed by atoms with Crippen LogP contribution in [0.4, 0.5) is 5.69 Å². The Morgan fingerprint density at radius 3 is 2.72 bits per heavy atom. The van der Waals surface area contributed by atoms with E-state index in [1.54, 1.807) is 6.07 Å². The average Bonchev–Trinajstić information content (AvgIpc) is 3.01. The van der Waals surface area contributed by atoms with E-state index in [1.807, 2.05) is 24.6 Å². The molecule has 3 N–H and O–H groups in total. The zero-order valence-electron chi connectivity index (χ0n) is 11.5. The molecule has 1 aliphatic rings. The van der Waals surface area contributed by atoms with Crippen molar-refractivity contribution in [3.63, 3.8) is 0 Å². The number of nitrogens with one attached hydrogen (secondary N) is 1. The fraction of sp³-hybridized carbons (Fsp3) is 0.643. The van der Waals surface area contributed by atoms with Crippen molar-refractivity contribution in [2.24, 2.45) is 5.41 Å². The fourth-order valence-electron chi connectivity index (χ4n) is 2.30. The molecule has 1 aromatic rings. The van der Waals surface area contributed by atoms with Gasteiger partial charge >= 0.3 is 0 Å². The number of anilines is 1. The monoisotopic (exact) mass is 249 g/mol. The van der Waals surface area contributed by atoms with Crippen molar-refractivity contribution in [3.05, 3.63) is 18.0 Å². The fourth-order valence-corrected chi connectivity index (χ4v) is 2.30. The van der Waals surface area contributed by atoms with Crippen LogP contribution >= 0.6 is 0 Å². The zero-order valence-corrected chi connectivity index (χ0v) is 11.5. The first kappa shape index (κ1) is 13.0. The van der Waals surface area contributed by atoms with E-state index in [0.29, 0.717) is 16.8 Å². The van der Waals surface area contributed by atoms with Gasteiger partial charge in [0.1, 0.15) is 5.69 Å². The van der Waals surface area contributed by atoms with Gasteiger partial charge in [0, 0.05) is 18.8 Å². The van der Waals surface area contributed by atoms with Gasteiger partial charge in [0.25, 0.3) is 5.91 Å². The summed E-state index contributed by atoms with van der Waals surface area (Å²) < 4.78 is 1.93. The van der Waals surface area contributed by atoms with Gasteiger partial charge in [-0.3, -0.25) is 4.79 Å². The van der Waals surface area contributed by atoms with Crippen LogP contribution in [-0.2, 0) is 0 Å². The second-order valence-corrected chi connectivity index (χ2v) is 5.70. The van der Waals surface area contributed by atoms with Crippen molar-refractivity contribution < 1.29 is 4.79 Å². The molecular weight excluding hydrogens is 226 g/mol. The lowest BCUT2D eigenvalue weighted by Gasteiger charge is -2.16. The van der Waals surface area contributed by atoms with Crippen LogP contribution in [0.15, 0.2) is 12.3 Å². The Morgan fingerprint density at radius 2 is 2.22 bits per heavy atom. The lowest BCUT2D eigenvalue weighted by Crippen LogP contribution is -2.31. The first-order chi connectivity index (χ1) is 8.47. The lowest BCUT2D eigenvalue weighted by atomic mass is 10.0. The zero-order chi connectivity index (χ0) is 13.3. The van der Waals surface area contributed by atoms with Gasteiger partial charge in [-0.1, -0.05) is 6.92 Å². The highest BCUT2D eigenvalue weighted by atomic mass is 16.1. The van der Waals surface area contributed by atoms with E-state index >= 15 is 0 Å². The van der Waals surface area contributed by atoms with Crippen LogP contribution < -0.4 is 11.1 Å². The molecule has 0 aromatic carbocycles. The minimum Gasteiger partial charge on any atom is -0.397 e. The minimum absolute atomic E-state index is 0.0138. The van der Waals surface area contributed by atoms with Crippen molar-refractivity contribution in [1.82, 2.24) is 9.88 Å². The van der Waals surface area contributed by atoms with E-state index in [9.17, 15) is 4.79 Å². The molecule has 0 unspecified atom stereocenters. The van der Waals surface area contributed by atoms with Crippen LogP contribution in [0.3, 0.4) is 0 Å². The minimum atomic E-state index is -0.0138. The molecule has 4 nitrogen and oxygen atoms in total. The number of hydrogen-bond acceptors (Lipinski definition) is 2. The second kappa shape index (κ2) is 4.67. The molecule has 1 aliphatic carbocycles. The summed E-state index contributed by atoms with van der Waals surface area (Å²) in [5, 5.41) is 3.05. The standard InChI is InChI=1S/C14H23N3O/c1-4-14(5-6-14)9-16-13(18)12-7-11(15)8-17(12)10(2)3/h7-8,10H,4-6,9,15H2,1-3H3,(H,16,18). The second-order valence-electron chi connectivity index (χ2n) is 5.70. The number of amides is 1. The third-order valence-corrected chi connectivity index (χ3v) is 3.99. The summed E-state index contributed by atoms with van der Waals surface area (Å²) >= 11 is 0. The van der Waals surface area contributed by atoms with Crippen molar-refractivity contribution in [1.29, 1.82) is 0 Å². The molecule has 1 aromatic heterocycles. The third-order valence-electron chi connectivity index (χ3n) is 3.99. The van der Waals surface area contributed by atoms with E-state index < -0.39 is 0 Å². The average molecular weight is 249 g/mol. The van der Waals surface area contributed by atoms with Crippen molar-refractivity contribution in [2.75, 3.05) is 12.3 Å². The number of nitrogen functional groups attached to an aromatic ring is 1. The maximum atomic E-state index is 12.2. The number of rotatable bonds is 5. The summed E-state index contributed by atoms with van der Waals surface area (Å²) in [5.74, 6) is -0.0138. The van der Waals surface area contributed by atoms with Gasteiger partial charge in [-0.25, -0.2) is 0 Å². The molecule has 1 heterocycles. The summed E-state index contributed by atoms with van der Waals surface area (Å²) in [4.78, 5) is 12.2. The van der Waals surface area contributed by atoms with E-state index in [-0.39, 0.29) is 11.9 Å². The molecule has 4 heteroatoms. The van der Waals surface area contributed by atoms with Crippen LogP contribution in [0.1, 0.15) is 56.6 Å². The Hall–Kier alpha value is -1.45. The van der Waals surface area contributed by atoms with Gasteiger partial charge in [0.05, 0.1) is 5.69 Å². The topological polar surface area (TPSA) is 60.1 Å². The molecule has 1 saturated carbocycles. The van der Waals surface area contributed by atoms with E-state index in [4.69, 9.17) is 5.73 Å². The molecule has 0 atom stereocenters. The Morgan fingerprint density at radius 1 is 1.56 bits per heavy atom. The Labute approximate surface area is 109 Å². The molecule has 0 spiro atoms. The molecule has 0 radical (unpaired) electrons. The molecule has 1 amide bonds. The molecule has 18 heavy (non-hydrogen) atoms.